The average Bonchev–Trinajstić information content (AvgIpc) is 3.11. The van der Waals surface area contributed by atoms with E-state index >= 15 is 4.39 Å². The van der Waals surface area contributed by atoms with Crippen molar-refractivity contribution >= 4 is 17.6 Å². The molecule has 1 aromatic heterocycles. The third kappa shape index (κ3) is 3.79. The summed E-state index contributed by atoms with van der Waals surface area (Å²) in [6, 6.07) is 6.85. The monoisotopic (exact) mass is 441 g/mol. The Bertz CT molecular complexity index is 1150. The summed E-state index contributed by atoms with van der Waals surface area (Å²) in [5.74, 6) is -5.02. The van der Waals surface area contributed by atoms with E-state index in [4.69, 9.17) is 31.9 Å². The zero-order valence-corrected chi connectivity index (χ0v) is 16.6. The molecule has 2 aliphatic rings. The van der Waals surface area contributed by atoms with Gasteiger partial charge in [0.15, 0.2) is 24.7 Å². The Hall–Kier alpha value is -2.53. The second-order valence-corrected chi connectivity index (χ2v) is 7.71. The zero-order valence-electron chi connectivity index (χ0n) is 16.9. The van der Waals surface area contributed by atoms with Crippen LogP contribution in [0, 0.1) is 0 Å². The Balaban J connectivity index is 1.65. The van der Waals surface area contributed by atoms with E-state index in [1.807, 2.05) is 4.98 Å². The molecule has 3 heterocycles. The molecule has 30 heavy (non-hydrogen) atoms. The molecule has 9 nitrogen and oxygen atoms in total. The van der Waals surface area contributed by atoms with Gasteiger partial charge in [0, 0.05) is 17.3 Å². The van der Waals surface area contributed by atoms with Crippen LogP contribution in [0.5, 0.6) is 0 Å². The molecule has 1 N–H and O–H groups in total. The van der Waals surface area contributed by atoms with Crippen LogP contribution in [-0.4, -0.2) is 46.0 Å². The van der Waals surface area contributed by atoms with E-state index in [-0.39, 0.29) is 5.56 Å². The Morgan fingerprint density at radius 2 is 2.10 bits per heavy atom. The van der Waals surface area contributed by atoms with Gasteiger partial charge in [-0.3, -0.25) is 14.3 Å². The second-order valence-electron chi connectivity index (χ2n) is 7.27. The Morgan fingerprint density at radius 3 is 2.80 bits per heavy atom. The molecule has 160 valence electrons. The highest BCUT2D eigenvalue weighted by Crippen LogP contribution is 2.48. The predicted molar refractivity (Wildman–Crippen MR) is 101 cm³/mol. The number of H-pyrrole nitrogens is 1. The summed E-state index contributed by atoms with van der Waals surface area (Å²) in [6.45, 7) is 2.05. The number of nitrogens with zero attached hydrogens (tertiary/aromatic N) is 1. The molecule has 2 aromatic rings. The summed E-state index contributed by atoms with van der Waals surface area (Å²) >= 11 is 5.85. The number of fused-ring (bicyclic) bond motifs is 1. The van der Waals surface area contributed by atoms with Gasteiger partial charge in [-0.1, -0.05) is 17.7 Å². The van der Waals surface area contributed by atoms with E-state index in [2.05, 4.69) is 0 Å². The number of carbonyl (C=O) groups is 1. The van der Waals surface area contributed by atoms with E-state index < -0.39 is 53.9 Å². The Morgan fingerprint density at radius 1 is 1.33 bits per heavy atom. The van der Waals surface area contributed by atoms with Crippen LogP contribution in [0.1, 0.15) is 31.8 Å². The van der Waals surface area contributed by atoms with Crippen molar-refractivity contribution in [1.29, 1.82) is 0 Å². The first-order valence-electron chi connectivity index (χ1n) is 9.43. The zero-order chi connectivity index (χ0) is 22.6. The Kier molecular flexibility index (Phi) is 4.73. The summed E-state index contributed by atoms with van der Waals surface area (Å²) in [7, 11) is 0. The molecule has 2 fully saturated rings. The number of hydrogen-bond acceptors (Lipinski definition) is 7. The largest absolute Gasteiger partial charge is 0.456 e. The maximum absolute atomic E-state index is 15.9. The molecule has 4 atom stereocenters. The smallest absolute Gasteiger partial charge is 0.338 e. The summed E-state index contributed by atoms with van der Waals surface area (Å²) in [5.41, 5.74) is -1.62. The number of nitrogens with one attached hydrogen (secondary N) is 1. The number of esters is 1. The van der Waals surface area contributed by atoms with Crippen LogP contribution in [0.3, 0.4) is 0 Å². The fraction of sp³-hybridized carbons (Fsp3) is 0.421. The number of carbonyl (C=O) groups excluding carboxylic acids is 1. The molecule has 11 heteroatoms. The van der Waals surface area contributed by atoms with Crippen molar-refractivity contribution in [3.8, 4) is 0 Å². The standard InChI is InChI=1S/C19H18ClFN2O7/c1-18(2)28-13-14(29-18)19(21,9-27-16(25)10-4-3-5-11(20)8-10)30-15(13)23-7-6-12(24)22-17(23)26/h3-8,13-15H,9H2,1-2H3,(H,22,24,26)/t13-,14+,15-,19-/m1/s1/i15D. The van der Waals surface area contributed by atoms with Gasteiger partial charge in [-0.05, 0) is 32.0 Å². The first-order chi connectivity index (χ1) is 14.4. The van der Waals surface area contributed by atoms with Crippen molar-refractivity contribution in [3.05, 3.63) is 68.0 Å². The maximum Gasteiger partial charge on any atom is 0.338 e. The number of halogens is 2. The molecule has 0 unspecified atom stereocenters. The second kappa shape index (κ2) is 7.31. The first-order valence-corrected chi connectivity index (χ1v) is 9.31. The molecular weight excluding hydrogens is 423 g/mol. The topological polar surface area (TPSA) is 109 Å². The van der Waals surface area contributed by atoms with Gasteiger partial charge in [0.05, 0.1) is 6.93 Å². The lowest BCUT2D eigenvalue weighted by Crippen LogP contribution is -2.43. The van der Waals surface area contributed by atoms with E-state index in [0.29, 0.717) is 9.59 Å². The third-order valence-electron chi connectivity index (χ3n) is 4.56. The average molecular weight is 442 g/mol. The van der Waals surface area contributed by atoms with Crippen LogP contribution < -0.4 is 11.2 Å². The van der Waals surface area contributed by atoms with Crippen molar-refractivity contribution in [1.82, 2.24) is 9.55 Å². The van der Waals surface area contributed by atoms with Crippen LogP contribution in [0.15, 0.2) is 46.1 Å². The molecule has 0 aliphatic carbocycles. The lowest BCUT2D eigenvalue weighted by atomic mass is 10.1. The number of alkyl halides is 1. The van der Waals surface area contributed by atoms with Crippen molar-refractivity contribution in [3.63, 3.8) is 0 Å². The molecule has 0 bridgehead atoms. The molecule has 1 aromatic carbocycles. The molecule has 0 radical (unpaired) electrons. The summed E-state index contributed by atoms with van der Waals surface area (Å²) in [5, 5.41) is 0.290. The van der Waals surface area contributed by atoms with Crippen LogP contribution in [0.2, 0.25) is 5.02 Å². The molecule has 0 amide bonds. The van der Waals surface area contributed by atoms with E-state index in [1.54, 1.807) is 6.07 Å². The maximum atomic E-state index is 15.9. The summed E-state index contributed by atoms with van der Waals surface area (Å²) in [4.78, 5) is 38.0. The summed E-state index contributed by atoms with van der Waals surface area (Å²) < 4.78 is 46.9. The fourth-order valence-electron chi connectivity index (χ4n) is 3.30. The number of aromatic amines is 1. The number of rotatable bonds is 4. The minimum absolute atomic E-state index is 0.0866. The quantitative estimate of drug-likeness (QED) is 0.720. The van der Waals surface area contributed by atoms with Crippen LogP contribution in [0.4, 0.5) is 4.39 Å². The highest BCUT2D eigenvalue weighted by molar-refractivity contribution is 6.30. The van der Waals surface area contributed by atoms with Crippen LogP contribution in [-0.2, 0) is 18.9 Å². The number of benzene rings is 1. The normalized spacial score (nSPS) is 32.5. The molecule has 2 saturated heterocycles. The van der Waals surface area contributed by atoms with Gasteiger partial charge in [0.2, 0.25) is 0 Å². The van der Waals surface area contributed by atoms with Crippen LogP contribution >= 0.6 is 11.6 Å². The van der Waals surface area contributed by atoms with Gasteiger partial charge < -0.3 is 18.9 Å². The molecule has 2 aliphatic heterocycles. The minimum atomic E-state index is -2.83. The predicted octanol–water partition coefficient (Wildman–Crippen LogP) is 1.76. The first kappa shape index (κ1) is 19.4. The van der Waals surface area contributed by atoms with Crippen LogP contribution in [0.25, 0.3) is 0 Å². The van der Waals surface area contributed by atoms with Crippen molar-refractivity contribution in [2.24, 2.45) is 0 Å². The van der Waals surface area contributed by atoms with Gasteiger partial charge in [-0.15, -0.1) is 0 Å². The minimum Gasteiger partial charge on any atom is -0.456 e. The van der Waals surface area contributed by atoms with Gasteiger partial charge in [0.25, 0.3) is 11.4 Å². The fourth-order valence-corrected chi connectivity index (χ4v) is 3.49. The van der Waals surface area contributed by atoms with Gasteiger partial charge in [-0.25, -0.2) is 14.0 Å². The number of aromatic nitrogens is 2. The van der Waals surface area contributed by atoms with E-state index in [1.165, 1.54) is 32.0 Å². The van der Waals surface area contributed by atoms with Gasteiger partial charge in [-0.2, -0.15) is 0 Å². The lowest BCUT2D eigenvalue weighted by molar-refractivity contribution is -0.265. The molecule has 0 spiro atoms. The third-order valence-corrected chi connectivity index (χ3v) is 4.80. The highest BCUT2D eigenvalue weighted by atomic mass is 35.5. The molecule has 0 saturated carbocycles. The number of hydrogen-bond donors (Lipinski definition) is 1. The van der Waals surface area contributed by atoms with E-state index in [0.717, 1.165) is 12.3 Å². The SMILES string of the molecule is [2H][C@@]1(n2ccc(=O)[nH]c2=O)O[C@](F)(COC(=O)c2cccc(Cl)c2)[C@H]2OC(C)(C)O[C@H]21. The van der Waals surface area contributed by atoms with Crippen molar-refractivity contribution in [2.45, 2.75) is 43.9 Å². The summed E-state index contributed by atoms with van der Waals surface area (Å²) in [6.07, 6.45) is -4.38. The lowest BCUT2D eigenvalue weighted by Gasteiger charge is -2.28. The van der Waals surface area contributed by atoms with Crippen molar-refractivity contribution < 1.29 is 29.5 Å². The number of ether oxygens (including phenoxy) is 4. The van der Waals surface area contributed by atoms with E-state index in [9.17, 15) is 14.4 Å². The van der Waals surface area contributed by atoms with Crippen molar-refractivity contribution in [2.75, 3.05) is 6.61 Å². The molecular formula is C19H18ClFN2O7. The van der Waals surface area contributed by atoms with Gasteiger partial charge >= 0.3 is 11.7 Å². The van der Waals surface area contributed by atoms with Gasteiger partial charge in [0.1, 0.15) is 6.10 Å². The Labute approximate surface area is 175 Å². The highest BCUT2D eigenvalue weighted by Gasteiger charge is 2.65. The molecule has 4 rings (SSSR count).